The van der Waals surface area contributed by atoms with Crippen molar-refractivity contribution in [2.75, 3.05) is 37.8 Å². The molecule has 2 aliphatic rings. The molecule has 0 unspecified atom stereocenters. The molecule has 170 valence electrons. The molecule has 2 aliphatic heterocycles. The molecule has 0 aliphatic carbocycles. The lowest BCUT2D eigenvalue weighted by Crippen LogP contribution is -2.55. The molecule has 2 heterocycles. The quantitative estimate of drug-likeness (QED) is 0.681. The third-order valence-corrected chi connectivity index (χ3v) is 9.02. The normalized spacial score (nSPS) is 19.9. The number of carbonyl (C=O) groups is 2. The highest BCUT2D eigenvalue weighted by Gasteiger charge is 2.39. The van der Waals surface area contributed by atoms with Crippen molar-refractivity contribution < 1.29 is 18.0 Å². The monoisotopic (exact) mass is 473 g/mol. The van der Waals surface area contributed by atoms with E-state index in [0.29, 0.717) is 35.2 Å². The molecule has 2 aromatic carbocycles. The van der Waals surface area contributed by atoms with Crippen LogP contribution >= 0.6 is 11.8 Å². The Hall–Kier alpha value is -2.36. The summed E-state index contributed by atoms with van der Waals surface area (Å²) in [5.74, 6) is 0.775. The van der Waals surface area contributed by atoms with Crippen molar-refractivity contribution in [2.24, 2.45) is 0 Å². The van der Waals surface area contributed by atoms with Gasteiger partial charge in [0.15, 0.2) is 0 Å². The predicted molar refractivity (Wildman–Crippen MR) is 125 cm³/mol. The van der Waals surface area contributed by atoms with Crippen LogP contribution in [0.1, 0.15) is 21.5 Å². The second-order valence-corrected chi connectivity index (χ2v) is 11.1. The summed E-state index contributed by atoms with van der Waals surface area (Å²) in [6.07, 6.45) is 0. The summed E-state index contributed by atoms with van der Waals surface area (Å²) in [6, 6.07) is 13.8. The Kier molecular flexibility index (Phi) is 6.60. The van der Waals surface area contributed by atoms with E-state index >= 15 is 0 Å². The number of sulfonamides is 1. The van der Waals surface area contributed by atoms with Gasteiger partial charge in [-0.1, -0.05) is 35.9 Å². The van der Waals surface area contributed by atoms with Gasteiger partial charge in [0.1, 0.15) is 6.04 Å². The average molecular weight is 474 g/mol. The molecule has 0 saturated carbocycles. The minimum atomic E-state index is -3.61. The van der Waals surface area contributed by atoms with Crippen molar-refractivity contribution in [2.45, 2.75) is 24.8 Å². The maximum atomic E-state index is 13.2. The second kappa shape index (κ2) is 9.25. The third kappa shape index (κ3) is 4.42. The van der Waals surface area contributed by atoms with E-state index in [1.165, 1.54) is 4.31 Å². The van der Waals surface area contributed by atoms with Crippen LogP contribution in [-0.4, -0.2) is 78.2 Å². The maximum absolute atomic E-state index is 13.2. The van der Waals surface area contributed by atoms with Crippen molar-refractivity contribution in [1.29, 1.82) is 0 Å². The fraction of sp³-hybridized carbons (Fsp3) is 0.391. The van der Waals surface area contributed by atoms with Crippen LogP contribution in [0.5, 0.6) is 0 Å². The van der Waals surface area contributed by atoms with Crippen LogP contribution in [-0.2, 0) is 14.8 Å². The standard InChI is InChI=1S/C23H27N3O4S2/c1-17-8-9-21(18(2)14-17)32(29,30)25-12-10-24(11-13-25)23(28)20-15-31-16-26(20)22(27)19-6-4-3-5-7-19/h3-9,14,20H,10-13,15-16H2,1-2H3/t20-/m0/s1. The van der Waals surface area contributed by atoms with Gasteiger partial charge in [0.2, 0.25) is 15.9 Å². The first-order valence-corrected chi connectivity index (χ1v) is 13.2. The lowest BCUT2D eigenvalue weighted by molar-refractivity contribution is -0.136. The van der Waals surface area contributed by atoms with Crippen LogP contribution in [0.15, 0.2) is 53.4 Å². The van der Waals surface area contributed by atoms with E-state index in [4.69, 9.17) is 0 Å². The van der Waals surface area contributed by atoms with Gasteiger partial charge in [-0.15, -0.1) is 11.8 Å². The number of amides is 2. The van der Waals surface area contributed by atoms with E-state index in [1.807, 2.05) is 31.2 Å². The third-order valence-electron chi connectivity index (χ3n) is 5.95. The molecule has 2 saturated heterocycles. The molecule has 9 heteroatoms. The number of hydrogen-bond acceptors (Lipinski definition) is 5. The molecule has 0 aromatic heterocycles. The van der Waals surface area contributed by atoms with Crippen molar-refractivity contribution in [1.82, 2.24) is 14.1 Å². The largest absolute Gasteiger partial charge is 0.338 e. The first kappa shape index (κ1) is 22.8. The number of carbonyl (C=O) groups excluding carboxylic acids is 2. The fourth-order valence-electron chi connectivity index (χ4n) is 4.18. The van der Waals surface area contributed by atoms with Gasteiger partial charge in [-0.05, 0) is 37.6 Å². The summed E-state index contributed by atoms with van der Waals surface area (Å²) in [5.41, 5.74) is 2.31. The van der Waals surface area contributed by atoms with Crippen molar-refractivity contribution in [3.63, 3.8) is 0 Å². The molecule has 0 radical (unpaired) electrons. The van der Waals surface area contributed by atoms with Gasteiger partial charge in [-0.25, -0.2) is 8.42 Å². The molecule has 2 amide bonds. The molecule has 4 rings (SSSR count). The average Bonchev–Trinajstić information content (AvgIpc) is 3.28. The van der Waals surface area contributed by atoms with Gasteiger partial charge in [0, 0.05) is 37.5 Å². The van der Waals surface area contributed by atoms with Crippen LogP contribution < -0.4 is 0 Å². The summed E-state index contributed by atoms with van der Waals surface area (Å²) in [4.78, 5) is 29.7. The van der Waals surface area contributed by atoms with Gasteiger partial charge in [0.05, 0.1) is 10.8 Å². The van der Waals surface area contributed by atoms with Crippen LogP contribution in [0.4, 0.5) is 0 Å². The van der Waals surface area contributed by atoms with E-state index in [0.717, 1.165) is 11.1 Å². The molecule has 7 nitrogen and oxygen atoms in total. The van der Waals surface area contributed by atoms with Gasteiger partial charge in [-0.2, -0.15) is 4.31 Å². The summed E-state index contributed by atoms with van der Waals surface area (Å²) >= 11 is 1.56. The van der Waals surface area contributed by atoms with Crippen molar-refractivity contribution in [3.05, 3.63) is 65.2 Å². The Morgan fingerprint density at radius 1 is 0.969 bits per heavy atom. The first-order valence-electron chi connectivity index (χ1n) is 10.6. The fourth-order valence-corrected chi connectivity index (χ4v) is 6.95. The number of nitrogens with zero attached hydrogens (tertiary/aromatic N) is 3. The van der Waals surface area contributed by atoms with Gasteiger partial charge < -0.3 is 9.80 Å². The van der Waals surface area contributed by atoms with Crippen LogP contribution in [0.25, 0.3) is 0 Å². The smallest absolute Gasteiger partial charge is 0.255 e. The van der Waals surface area contributed by atoms with Crippen LogP contribution in [0, 0.1) is 13.8 Å². The van der Waals surface area contributed by atoms with Gasteiger partial charge in [-0.3, -0.25) is 9.59 Å². The van der Waals surface area contributed by atoms with Crippen molar-refractivity contribution in [3.8, 4) is 0 Å². The molecular formula is C23H27N3O4S2. The minimum absolute atomic E-state index is 0.108. The van der Waals surface area contributed by atoms with E-state index in [1.54, 1.807) is 52.8 Å². The molecule has 0 spiro atoms. The molecule has 2 aromatic rings. The predicted octanol–water partition coefficient (Wildman–Crippen LogP) is 2.35. The SMILES string of the molecule is Cc1ccc(S(=O)(=O)N2CCN(C(=O)[C@@H]3CSCN3C(=O)c3ccccc3)CC2)c(C)c1. The molecule has 32 heavy (non-hydrogen) atoms. The topological polar surface area (TPSA) is 78.0 Å². The zero-order valence-corrected chi connectivity index (χ0v) is 19.9. The first-order chi connectivity index (χ1) is 15.3. The lowest BCUT2D eigenvalue weighted by Gasteiger charge is -2.36. The number of aryl methyl sites for hydroxylation is 2. The summed E-state index contributed by atoms with van der Waals surface area (Å²) in [7, 11) is -3.61. The highest BCUT2D eigenvalue weighted by atomic mass is 32.2. The van der Waals surface area contributed by atoms with E-state index < -0.39 is 16.1 Å². The zero-order valence-electron chi connectivity index (χ0n) is 18.2. The number of hydrogen-bond donors (Lipinski definition) is 0. The minimum Gasteiger partial charge on any atom is -0.338 e. The highest BCUT2D eigenvalue weighted by molar-refractivity contribution is 7.99. The summed E-state index contributed by atoms with van der Waals surface area (Å²) in [5, 5.41) is 0. The van der Waals surface area contributed by atoms with E-state index in [9.17, 15) is 18.0 Å². The second-order valence-electron chi connectivity index (χ2n) is 8.15. The Balaban J connectivity index is 1.42. The highest BCUT2D eigenvalue weighted by Crippen LogP contribution is 2.26. The molecule has 0 bridgehead atoms. The number of thioether (sulfide) groups is 1. The zero-order chi connectivity index (χ0) is 22.9. The number of benzene rings is 2. The summed E-state index contributed by atoms with van der Waals surface area (Å²) in [6.45, 7) is 4.85. The summed E-state index contributed by atoms with van der Waals surface area (Å²) < 4.78 is 27.7. The molecule has 2 fully saturated rings. The molecule has 1 atom stereocenters. The Morgan fingerprint density at radius 3 is 2.31 bits per heavy atom. The molecular weight excluding hydrogens is 446 g/mol. The Bertz CT molecular complexity index is 1110. The number of piperazine rings is 1. The van der Waals surface area contributed by atoms with Gasteiger partial charge in [0.25, 0.3) is 5.91 Å². The van der Waals surface area contributed by atoms with Gasteiger partial charge >= 0.3 is 0 Å². The Labute approximate surface area is 193 Å². The van der Waals surface area contributed by atoms with E-state index in [2.05, 4.69) is 0 Å². The Morgan fingerprint density at radius 2 is 1.66 bits per heavy atom. The van der Waals surface area contributed by atoms with Crippen LogP contribution in [0.2, 0.25) is 0 Å². The maximum Gasteiger partial charge on any atom is 0.255 e. The van der Waals surface area contributed by atoms with E-state index in [-0.39, 0.29) is 24.9 Å². The van der Waals surface area contributed by atoms with Crippen molar-refractivity contribution >= 4 is 33.6 Å². The van der Waals surface area contributed by atoms with Crippen LogP contribution in [0.3, 0.4) is 0 Å². The number of rotatable bonds is 4. The molecule has 0 N–H and O–H groups in total. The lowest BCUT2D eigenvalue weighted by atomic mass is 10.1.